The van der Waals surface area contributed by atoms with Gasteiger partial charge in [-0.1, -0.05) is 20.8 Å². The van der Waals surface area contributed by atoms with Gasteiger partial charge in [0.15, 0.2) is 0 Å². The van der Waals surface area contributed by atoms with Gasteiger partial charge in [0, 0.05) is 12.6 Å². The fraction of sp³-hybridized carbons (Fsp3) is 1.00. The first kappa shape index (κ1) is 15.3. The molecule has 112 valence electrons. The van der Waals surface area contributed by atoms with Crippen LogP contribution in [0, 0.1) is 17.3 Å². The zero-order chi connectivity index (χ0) is 13.9. The normalized spacial score (nSPS) is 36.6. The van der Waals surface area contributed by atoms with Crippen LogP contribution in [0.15, 0.2) is 0 Å². The van der Waals surface area contributed by atoms with Crippen molar-refractivity contribution in [1.82, 2.24) is 5.32 Å². The highest BCUT2D eigenvalue weighted by molar-refractivity contribution is 4.89. The van der Waals surface area contributed by atoms with Gasteiger partial charge in [0.1, 0.15) is 0 Å². The molecule has 1 saturated heterocycles. The van der Waals surface area contributed by atoms with Crippen molar-refractivity contribution in [2.24, 2.45) is 17.3 Å². The molecule has 19 heavy (non-hydrogen) atoms. The standard InChI is InChI=1S/C17H33NO/c1-17(2,3)14-8-10-16(18-4)13(12-14)7-9-15-6-5-11-19-15/h13-16,18H,5-12H2,1-4H3. The van der Waals surface area contributed by atoms with Crippen LogP contribution in [0.25, 0.3) is 0 Å². The molecule has 1 heterocycles. The summed E-state index contributed by atoms with van der Waals surface area (Å²) in [6.45, 7) is 8.23. The van der Waals surface area contributed by atoms with Crippen molar-refractivity contribution in [2.75, 3.05) is 13.7 Å². The third kappa shape index (κ3) is 4.19. The molecule has 2 heteroatoms. The maximum Gasteiger partial charge on any atom is 0.0576 e. The summed E-state index contributed by atoms with van der Waals surface area (Å²) in [7, 11) is 2.14. The second-order valence-electron chi connectivity index (χ2n) is 7.74. The fourth-order valence-corrected chi connectivity index (χ4v) is 4.02. The Morgan fingerprint density at radius 3 is 2.47 bits per heavy atom. The molecular formula is C17H33NO. The first-order valence-electron chi connectivity index (χ1n) is 8.29. The molecule has 1 saturated carbocycles. The van der Waals surface area contributed by atoms with Crippen LogP contribution in [0.3, 0.4) is 0 Å². The predicted octanol–water partition coefficient (Wildman–Crippen LogP) is 4.00. The molecule has 2 aliphatic rings. The number of hydrogen-bond donors (Lipinski definition) is 1. The summed E-state index contributed by atoms with van der Waals surface area (Å²) < 4.78 is 5.79. The highest BCUT2D eigenvalue weighted by Crippen LogP contribution is 2.42. The van der Waals surface area contributed by atoms with Crippen molar-refractivity contribution in [3.05, 3.63) is 0 Å². The molecule has 0 spiro atoms. The van der Waals surface area contributed by atoms with Crippen molar-refractivity contribution >= 4 is 0 Å². The second-order valence-corrected chi connectivity index (χ2v) is 7.74. The van der Waals surface area contributed by atoms with Gasteiger partial charge in [-0.25, -0.2) is 0 Å². The molecule has 0 radical (unpaired) electrons. The Bertz CT molecular complexity index is 265. The van der Waals surface area contributed by atoms with E-state index in [2.05, 4.69) is 33.1 Å². The van der Waals surface area contributed by atoms with Gasteiger partial charge in [0.05, 0.1) is 6.10 Å². The van der Waals surface area contributed by atoms with Crippen molar-refractivity contribution in [3.63, 3.8) is 0 Å². The molecule has 1 N–H and O–H groups in total. The lowest BCUT2D eigenvalue weighted by Crippen LogP contribution is -2.41. The van der Waals surface area contributed by atoms with Crippen molar-refractivity contribution in [1.29, 1.82) is 0 Å². The van der Waals surface area contributed by atoms with Gasteiger partial charge in [-0.3, -0.25) is 0 Å². The van der Waals surface area contributed by atoms with Crippen LogP contribution in [0.4, 0.5) is 0 Å². The zero-order valence-electron chi connectivity index (χ0n) is 13.4. The average molecular weight is 267 g/mol. The molecule has 4 unspecified atom stereocenters. The van der Waals surface area contributed by atoms with E-state index in [1.54, 1.807) is 0 Å². The highest BCUT2D eigenvalue weighted by Gasteiger charge is 2.35. The molecule has 1 aliphatic heterocycles. The van der Waals surface area contributed by atoms with E-state index in [1.165, 1.54) is 44.9 Å². The third-order valence-corrected chi connectivity index (χ3v) is 5.46. The molecule has 0 amide bonds. The van der Waals surface area contributed by atoms with Crippen LogP contribution in [0.2, 0.25) is 0 Å². The number of nitrogens with one attached hydrogen (secondary N) is 1. The first-order valence-corrected chi connectivity index (χ1v) is 8.29. The molecule has 2 rings (SSSR count). The smallest absolute Gasteiger partial charge is 0.0576 e. The van der Waals surface area contributed by atoms with Crippen molar-refractivity contribution < 1.29 is 4.74 Å². The van der Waals surface area contributed by atoms with E-state index in [4.69, 9.17) is 4.74 Å². The van der Waals surface area contributed by atoms with E-state index in [1.807, 2.05) is 0 Å². The van der Waals surface area contributed by atoms with Crippen LogP contribution in [-0.4, -0.2) is 25.8 Å². The van der Waals surface area contributed by atoms with Gasteiger partial charge in [-0.15, -0.1) is 0 Å². The molecule has 2 fully saturated rings. The summed E-state index contributed by atoms with van der Waals surface area (Å²) in [6.07, 6.45) is 9.91. The molecule has 4 atom stereocenters. The second kappa shape index (κ2) is 6.58. The summed E-state index contributed by atoms with van der Waals surface area (Å²) in [5, 5.41) is 3.56. The molecule has 2 nitrogen and oxygen atoms in total. The Hall–Kier alpha value is -0.0800. The largest absolute Gasteiger partial charge is 0.378 e. The highest BCUT2D eigenvalue weighted by atomic mass is 16.5. The summed E-state index contributed by atoms with van der Waals surface area (Å²) in [6, 6.07) is 0.736. The van der Waals surface area contributed by atoms with E-state index in [0.717, 1.165) is 24.5 Å². The lowest BCUT2D eigenvalue weighted by Gasteiger charge is -2.42. The minimum Gasteiger partial charge on any atom is -0.378 e. The van der Waals surface area contributed by atoms with E-state index in [9.17, 15) is 0 Å². The first-order chi connectivity index (χ1) is 9.00. The molecule has 1 aliphatic carbocycles. The Labute approximate surface area is 119 Å². The number of rotatable bonds is 4. The quantitative estimate of drug-likeness (QED) is 0.831. The van der Waals surface area contributed by atoms with Gasteiger partial charge in [-0.2, -0.15) is 0 Å². The topological polar surface area (TPSA) is 21.3 Å². The lowest BCUT2D eigenvalue weighted by molar-refractivity contribution is 0.0762. The Balaban J connectivity index is 1.86. The maximum absolute atomic E-state index is 5.79. The van der Waals surface area contributed by atoms with Crippen molar-refractivity contribution in [3.8, 4) is 0 Å². The van der Waals surface area contributed by atoms with Crippen LogP contribution >= 0.6 is 0 Å². The lowest BCUT2D eigenvalue weighted by atomic mass is 9.66. The van der Waals surface area contributed by atoms with Gasteiger partial charge in [-0.05, 0) is 69.2 Å². The monoisotopic (exact) mass is 267 g/mol. The van der Waals surface area contributed by atoms with Gasteiger partial charge in [0.2, 0.25) is 0 Å². The van der Waals surface area contributed by atoms with E-state index >= 15 is 0 Å². The summed E-state index contributed by atoms with van der Waals surface area (Å²) in [5.41, 5.74) is 0.473. The average Bonchev–Trinajstić information content (AvgIpc) is 2.88. The van der Waals surface area contributed by atoms with Gasteiger partial charge >= 0.3 is 0 Å². The van der Waals surface area contributed by atoms with Gasteiger partial charge < -0.3 is 10.1 Å². The zero-order valence-corrected chi connectivity index (χ0v) is 13.4. The van der Waals surface area contributed by atoms with E-state index in [0.29, 0.717) is 11.5 Å². The van der Waals surface area contributed by atoms with Crippen LogP contribution in [0.1, 0.15) is 65.7 Å². The van der Waals surface area contributed by atoms with E-state index in [-0.39, 0.29) is 0 Å². The summed E-state index contributed by atoms with van der Waals surface area (Å²) in [4.78, 5) is 0. The van der Waals surface area contributed by atoms with Crippen LogP contribution < -0.4 is 5.32 Å². The molecule has 0 aromatic heterocycles. The third-order valence-electron chi connectivity index (χ3n) is 5.46. The maximum atomic E-state index is 5.79. The Kier molecular flexibility index (Phi) is 5.30. The Morgan fingerprint density at radius 2 is 1.89 bits per heavy atom. The minimum atomic E-state index is 0.473. The summed E-state index contributed by atoms with van der Waals surface area (Å²) in [5.74, 6) is 1.75. The predicted molar refractivity (Wildman–Crippen MR) is 81.3 cm³/mol. The minimum absolute atomic E-state index is 0.473. The number of hydrogen-bond acceptors (Lipinski definition) is 2. The van der Waals surface area contributed by atoms with Crippen LogP contribution in [0.5, 0.6) is 0 Å². The van der Waals surface area contributed by atoms with Crippen molar-refractivity contribution in [2.45, 2.75) is 77.9 Å². The summed E-state index contributed by atoms with van der Waals surface area (Å²) >= 11 is 0. The molecule has 0 aromatic carbocycles. The van der Waals surface area contributed by atoms with Gasteiger partial charge in [0.25, 0.3) is 0 Å². The SMILES string of the molecule is CNC1CCC(C(C)(C)C)CC1CCC1CCCO1. The van der Waals surface area contributed by atoms with Crippen LogP contribution in [-0.2, 0) is 4.74 Å². The molecule has 0 aromatic rings. The number of ether oxygens (including phenoxy) is 1. The molecule has 0 bridgehead atoms. The molecular weight excluding hydrogens is 234 g/mol. The fourth-order valence-electron chi connectivity index (χ4n) is 4.02. The van der Waals surface area contributed by atoms with E-state index < -0.39 is 0 Å². The Morgan fingerprint density at radius 1 is 1.11 bits per heavy atom.